The Balaban J connectivity index is 0.00000774. The van der Waals surface area contributed by atoms with E-state index in [-0.39, 0.29) is 108 Å². The summed E-state index contributed by atoms with van der Waals surface area (Å²) in [5.74, 6) is -2.58. The summed E-state index contributed by atoms with van der Waals surface area (Å²) in [5.41, 5.74) is 7.45. The van der Waals surface area contributed by atoms with Crippen LogP contribution in [-0.2, 0) is 92.4 Å². The molecule has 0 aromatic heterocycles. The van der Waals surface area contributed by atoms with E-state index >= 15 is 0 Å². The molecule has 5 aliphatic rings. The van der Waals surface area contributed by atoms with Crippen LogP contribution in [0.1, 0.15) is 95.3 Å². The maximum atomic E-state index is 14.1. The summed E-state index contributed by atoms with van der Waals surface area (Å²) in [5, 5.41) is 15.4. The van der Waals surface area contributed by atoms with Crippen LogP contribution in [0.5, 0.6) is 23.0 Å². The molecule has 4 atom stereocenters. The van der Waals surface area contributed by atoms with Crippen molar-refractivity contribution >= 4 is 75.8 Å². The van der Waals surface area contributed by atoms with Gasteiger partial charge in [0, 0.05) is 99.8 Å². The number of benzene rings is 5. The Labute approximate surface area is 486 Å². The van der Waals surface area contributed by atoms with Gasteiger partial charge >= 0.3 is 5.97 Å². The average Bonchev–Trinajstić information content (AvgIpc) is 4.25. The van der Waals surface area contributed by atoms with Crippen LogP contribution in [0.15, 0.2) is 91.0 Å². The molecule has 22 heteroatoms. The number of carbonyl (C=O) groups is 8. The molecule has 5 aromatic rings. The number of rotatable bonds is 19. The molecule has 0 bridgehead atoms. The van der Waals surface area contributed by atoms with Crippen LogP contribution in [0.2, 0.25) is 0 Å². The Morgan fingerprint density at radius 2 is 1.23 bits per heavy atom. The molecular formula is C58H59N8O13Y-. The molecule has 0 spiro atoms. The standard InChI is InChI=1S/C58H59N8O13.Y/c1-32(61-51(67)15-9-10-16-54(70)79-66-52(68)17-18-53(66)69)55(71)62-33(2)56(72)63-38-20-34(30-77-49-26-43-41(24-47(49)75-3)57(73)64-39(28-59-43)22-36-11-5-7-13-45(36)64)19-35(21-38)31-78-50-27-44-42(25-48(50)76-4)58(74)65-40(29-60-44)23-37-12-6-8-14-46(37)65;/h5-8,11-14,19-21,24-28,32-33,39-40,59-60H,9-10,15-18,22-23,29-31H2,1-4H3,(H,61,67)(H,62,71)(H,63,72);/q-1;/t32-,33-,39-,40-;/m0./s1. The normalized spacial score (nSPS) is 17.2. The van der Waals surface area contributed by atoms with Gasteiger partial charge in [-0.05, 0) is 104 Å². The summed E-state index contributed by atoms with van der Waals surface area (Å²) in [6, 6.07) is 25.4. The molecule has 7 amide bonds. The molecule has 0 saturated carbocycles. The van der Waals surface area contributed by atoms with Gasteiger partial charge in [0.15, 0.2) is 23.0 Å². The van der Waals surface area contributed by atoms with Crippen molar-refractivity contribution in [2.24, 2.45) is 0 Å². The number of ether oxygens (including phenoxy) is 4. The second kappa shape index (κ2) is 24.5. The molecule has 1 saturated heterocycles. The number of imide groups is 1. The SMILES string of the molecule is COc1cc2c(cc1OCc1cc(COc3cc4c(cc3OC)C(=O)N3c5ccccc5C[C@H]3[CH-]N4)cc(NC(=O)[C@H](C)NC(=O)[C@H](C)NC(=O)CCCCC(=O)ON3C(=O)CCC3=O)c1)NC[C@@H]1Cc3ccccc3N1C2=O.[Y]. The van der Waals surface area contributed by atoms with Gasteiger partial charge in [-0.3, -0.25) is 33.6 Å². The van der Waals surface area contributed by atoms with Crippen LogP contribution < -0.4 is 55.3 Å². The average molecular weight is 1170 g/mol. The van der Waals surface area contributed by atoms with Crippen molar-refractivity contribution in [2.45, 2.75) is 103 Å². The van der Waals surface area contributed by atoms with Crippen LogP contribution in [0.4, 0.5) is 28.4 Å². The molecule has 5 heterocycles. The van der Waals surface area contributed by atoms with Crippen molar-refractivity contribution in [1.29, 1.82) is 0 Å². The first-order chi connectivity index (χ1) is 38.2. The quantitative estimate of drug-likeness (QED) is 0.0354. The number of hydrogen-bond acceptors (Lipinski definition) is 15. The fourth-order valence-corrected chi connectivity index (χ4v) is 10.4. The van der Waals surface area contributed by atoms with Gasteiger partial charge in [-0.15, -0.1) is 5.06 Å². The zero-order valence-corrected chi connectivity index (χ0v) is 47.4. The molecule has 5 aliphatic heterocycles. The van der Waals surface area contributed by atoms with Crippen LogP contribution in [0.25, 0.3) is 0 Å². The smallest absolute Gasteiger partial charge is 0.333 e. The van der Waals surface area contributed by atoms with Crippen molar-refractivity contribution in [2.75, 3.05) is 46.5 Å². The summed E-state index contributed by atoms with van der Waals surface area (Å²) < 4.78 is 24.4. The summed E-state index contributed by atoms with van der Waals surface area (Å²) in [7, 11) is 2.99. The molecule has 1 radical (unpaired) electrons. The minimum absolute atomic E-state index is 0. The van der Waals surface area contributed by atoms with Crippen molar-refractivity contribution in [3.05, 3.63) is 131 Å². The summed E-state index contributed by atoms with van der Waals surface area (Å²) in [6.45, 7) is 5.32. The van der Waals surface area contributed by atoms with E-state index in [0.29, 0.717) is 80.3 Å². The van der Waals surface area contributed by atoms with Crippen molar-refractivity contribution in [1.82, 2.24) is 15.7 Å². The van der Waals surface area contributed by atoms with E-state index in [1.807, 2.05) is 66.0 Å². The Morgan fingerprint density at radius 1 is 0.662 bits per heavy atom. The third kappa shape index (κ3) is 12.1. The van der Waals surface area contributed by atoms with Crippen molar-refractivity contribution < 1.29 is 94.9 Å². The van der Waals surface area contributed by atoms with Gasteiger partial charge < -0.3 is 60.2 Å². The summed E-state index contributed by atoms with van der Waals surface area (Å²) in [6.07, 6.45) is 1.67. The van der Waals surface area contributed by atoms with E-state index in [4.69, 9.17) is 23.8 Å². The Bertz CT molecular complexity index is 3130. The third-order valence-corrected chi connectivity index (χ3v) is 14.4. The zero-order chi connectivity index (χ0) is 55.5. The van der Waals surface area contributed by atoms with E-state index in [0.717, 1.165) is 28.9 Å². The molecule has 10 rings (SSSR count). The monoisotopic (exact) mass is 1160 g/mol. The predicted octanol–water partition coefficient (Wildman–Crippen LogP) is 6.13. The number of amides is 7. The largest absolute Gasteiger partial charge is 0.533 e. The number of nitrogens with one attached hydrogen (secondary N) is 5. The van der Waals surface area contributed by atoms with Gasteiger partial charge in [0.2, 0.25) is 17.7 Å². The minimum atomic E-state index is -1.07. The number of unbranched alkanes of at least 4 members (excludes halogenated alkanes) is 1. The van der Waals surface area contributed by atoms with Gasteiger partial charge in [-0.2, -0.15) is 0 Å². The van der Waals surface area contributed by atoms with Gasteiger partial charge in [-0.1, -0.05) is 42.4 Å². The van der Waals surface area contributed by atoms with Crippen molar-refractivity contribution in [3.63, 3.8) is 0 Å². The Hall–Kier alpha value is -8.04. The molecule has 0 aliphatic carbocycles. The third-order valence-electron chi connectivity index (χ3n) is 14.4. The van der Waals surface area contributed by atoms with Gasteiger partial charge in [0.25, 0.3) is 23.6 Å². The number of carbonyl (C=O) groups excluding carboxylic acids is 8. The topological polar surface area (TPSA) is 253 Å². The van der Waals surface area contributed by atoms with Gasteiger partial charge in [-0.25, -0.2) is 11.3 Å². The first kappa shape index (κ1) is 56.7. The van der Waals surface area contributed by atoms with Crippen LogP contribution in [-0.4, -0.2) is 97.3 Å². The second-order valence-corrected chi connectivity index (χ2v) is 19.9. The Kier molecular flexibility index (Phi) is 17.4. The number of nitrogens with zero attached hydrogens (tertiary/aromatic N) is 3. The van der Waals surface area contributed by atoms with E-state index in [1.54, 1.807) is 41.3 Å². The number of para-hydroxylation sites is 2. The zero-order valence-electron chi connectivity index (χ0n) is 44.6. The van der Waals surface area contributed by atoms with E-state index in [9.17, 15) is 38.4 Å². The molecular weight excluding hydrogens is 1110 g/mol. The fourth-order valence-electron chi connectivity index (χ4n) is 10.4. The molecule has 80 heavy (non-hydrogen) atoms. The molecule has 5 N–H and O–H groups in total. The predicted molar refractivity (Wildman–Crippen MR) is 288 cm³/mol. The van der Waals surface area contributed by atoms with Crippen LogP contribution >= 0.6 is 0 Å². The number of fused-ring (bicyclic) bond motifs is 8. The van der Waals surface area contributed by atoms with E-state index in [2.05, 4.69) is 26.6 Å². The van der Waals surface area contributed by atoms with Crippen LogP contribution in [0, 0.1) is 6.54 Å². The number of anilines is 5. The fraction of sp³-hybridized carbons (Fsp3) is 0.328. The molecule has 0 unspecified atom stereocenters. The van der Waals surface area contributed by atoms with Crippen LogP contribution in [0.3, 0.4) is 0 Å². The molecule has 21 nitrogen and oxygen atoms in total. The molecule has 1 fully saturated rings. The number of methoxy groups -OCH3 is 2. The minimum Gasteiger partial charge on any atom is -0.533 e. The maximum absolute atomic E-state index is 14.1. The summed E-state index contributed by atoms with van der Waals surface area (Å²) >= 11 is 0. The molecule has 413 valence electrons. The maximum Gasteiger partial charge on any atom is 0.333 e. The van der Waals surface area contributed by atoms with Crippen molar-refractivity contribution in [3.8, 4) is 23.0 Å². The number of hydroxylamine groups is 2. The Morgan fingerprint density at radius 3 is 1.88 bits per heavy atom. The second-order valence-electron chi connectivity index (χ2n) is 19.9. The van der Waals surface area contributed by atoms with E-state index < -0.39 is 47.6 Å². The van der Waals surface area contributed by atoms with Gasteiger partial charge in [0.1, 0.15) is 25.3 Å². The van der Waals surface area contributed by atoms with E-state index in [1.165, 1.54) is 28.1 Å². The first-order valence-corrected chi connectivity index (χ1v) is 26.1. The summed E-state index contributed by atoms with van der Waals surface area (Å²) in [4.78, 5) is 112. The first-order valence-electron chi connectivity index (χ1n) is 26.1. The van der Waals surface area contributed by atoms with Gasteiger partial charge in [0.05, 0.1) is 37.1 Å². The number of hydrogen-bond donors (Lipinski definition) is 5. The molecule has 5 aromatic carbocycles.